The largest absolute Gasteiger partial charge is 0.468 e. The van der Waals surface area contributed by atoms with Gasteiger partial charge in [-0.3, -0.25) is 9.89 Å². The van der Waals surface area contributed by atoms with Crippen molar-refractivity contribution < 1.29 is 4.42 Å². The highest BCUT2D eigenvalue weighted by Crippen LogP contribution is 2.24. The van der Waals surface area contributed by atoms with Gasteiger partial charge in [-0.25, -0.2) is 0 Å². The summed E-state index contributed by atoms with van der Waals surface area (Å²) in [5.74, 6) is 1.97. The van der Waals surface area contributed by atoms with E-state index in [2.05, 4.69) is 39.8 Å². The summed E-state index contributed by atoms with van der Waals surface area (Å²) in [4.78, 5) is 9.13. The highest BCUT2D eigenvalue weighted by Gasteiger charge is 2.24. The molecule has 1 saturated heterocycles. The molecule has 0 radical (unpaired) electrons. The number of piperidine rings is 1. The van der Waals surface area contributed by atoms with Crippen LogP contribution in [0, 0.1) is 0 Å². The van der Waals surface area contributed by atoms with Gasteiger partial charge in [0.05, 0.1) is 12.3 Å². The normalized spacial score (nSPS) is 17.5. The van der Waals surface area contributed by atoms with Crippen LogP contribution in [0.1, 0.15) is 43.9 Å². The van der Waals surface area contributed by atoms with E-state index in [0.29, 0.717) is 0 Å². The number of nitrogens with one attached hydrogen (secondary N) is 1. The first-order chi connectivity index (χ1) is 11.8. The van der Waals surface area contributed by atoms with Crippen LogP contribution < -0.4 is 5.32 Å². The van der Waals surface area contributed by atoms with Crippen molar-refractivity contribution in [2.45, 2.75) is 38.1 Å². The molecule has 0 amide bonds. The molecule has 1 N–H and O–H groups in total. The number of nitrogens with zero attached hydrogens (tertiary/aromatic N) is 3. The fourth-order valence-electron chi connectivity index (χ4n) is 3.27. The van der Waals surface area contributed by atoms with E-state index in [9.17, 15) is 0 Å². The molecular weight excluding hydrogens is 300 g/mol. The minimum absolute atomic E-state index is 0.263. The van der Waals surface area contributed by atoms with E-state index in [0.717, 1.165) is 50.7 Å². The first-order valence-corrected chi connectivity index (χ1v) is 9.06. The fourth-order valence-corrected chi connectivity index (χ4v) is 3.27. The molecule has 1 aromatic heterocycles. The van der Waals surface area contributed by atoms with Crippen LogP contribution in [-0.4, -0.2) is 56.0 Å². The SMILES string of the molecule is C=CCCCN(C)C(=NC)NCC(c1ccco1)N1CCCCC1. The lowest BCUT2D eigenvalue weighted by molar-refractivity contribution is 0.146. The summed E-state index contributed by atoms with van der Waals surface area (Å²) in [7, 11) is 3.93. The highest BCUT2D eigenvalue weighted by molar-refractivity contribution is 5.79. The number of hydrogen-bond donors (Lipinski definition) is 1. The Morgan fingerprint density at radius 2 is 2.25 bits per heavy atom. The van der Waals surface area contributed by atoms with Crippen molar-refractivity contribution >= 4 is 5.96 Å². The molecule has 24 heavy (non-hydrogen) atoms. The molecule has 5 heteroatoms. The zero-order valence-corrected chi connectivity index (χ0v) is 15.2. The molecule has 0 spiro atoms. The van der Waals surface area contributed by atoms with Gasteiger partial charge in [0.2, 0.25) is 0 Å². The first kappa shape index (κ1) is 18.6. The lowest BCUT2D eigenvalue weighted by Gasteiger charge is -2.34. The van der Waals surface area contributed by atoms with Crippen molar-refractivity contribution in [1.29, 1.82) is 0 Å². The molecule has 1 unspecified atom stereocenters. The van der Waals surface area contributed by atoms with Crippen LogP contribution in [0.25, 0.3) is 0 Å². The van der Waals surface area contributed by atoms with Gasteiger partial charge in [-0.05, 0) is 50.9 Å². The Kier molecular flexibility index (Phi) is 7.89. The number of aliphatic imine (C=N–C) groups is 1. The molecule has 5 nitrogen and oxygen atoms in total. The standard InChI is InChI=1S/C19H32N4O/c1-4-5-7-12-22(3)19(20-2)21-16-17(18-11-10-15-24-18)23-13-8-6-9-14-23/h4,10-11,15,17H,1,5-9,12-14,16H2,2-3H3,(H,20,21). The van der Waals surface area contributed by atoms with Crippen LogP contribution in [0.15, 0.2) is 40.5 Å². The topological polar surface area (TPSA) is 44.0 Å². The second-order valence-electron chi connectivity index (χ2n) is 6.41. The van der Waals surface area contributed by atoms with Crippen molar-refractivity contribution in [2.75, 3.05) is 40.3 Å². The minimum atomic E-state index is 0.263. The Bertz CT molecular complexity index is 491. The smallest absolute Gasteiger partial charge is 0.193 e. The fraction of sp³-hybridized carbons (Fsp3) is 0.632. The lowest BCUT2D eigenvalue weighted by Crippen LogP contribution is -2.45. The van der Waals surface area contributed by atoms with Gasteiger partial charge in [-0.15, -0.1) is 6.58 Å². The molecule has 0 bridgehead atoms. The molecule has 1 aromatic rings. The van der Waals surface area contributed by atoms with E-state index in [4.69, 9.17) is 4.42 Å². The first-order valence-electron chi connectivity index (χ1n) is 9.06. The van der Waals surface area contributed by atoms with E-state index in [1.807, 2.05) is 19.2 Å². The summed E-state index contributed by atoms with van der Waals surface area (Å²) in [6, 6.07) is 4.32. The summed E-state index contributed by atoms with van der Waals surface area (Å²) in [5.41, 5.74) is 0. The van der Waals surface area contributed by atoms with E-state index in [1.165, 1.54) is 19.3 Å². The van der Waals surface area contributed by atoms with Gasteiger partial charge in [0.15, 0.2) is 5.96 Å². The second-order valence-corrected chi connectivity index (χ2v) is 6.41. The van der Waals surface area contributed by atoms with Gasteiger partial charge in [0, 0.05) is 27.2 Å². The Morgan fingerprint density at radius 1 is 1.46 bits per heavy atom. The zero-order valence-electron chi connectivity index (χ0n) is 15.2. The van der Waals surface area contributed by atoms with Gasteiger partial charge < -0.3 is 14.6 Å². The van der Waals surface area contributed by atoms with Gasteiger partial charge >= 0.3 is 0 Å². The molecule has 1 aliphatic heterocycles. The summed E-state index contributed by atoms with van der Waals surface area (Å²) in [5, 5.41) is 3.53. The number of allylic oxidation sites excluding steroid dienone is 1. The third kappa shape index (κ3) is 5.41. The summed E-state index contributed by atoms with van der Waals surface area (Å²) in [6.45, 7) is 7.85. The van der Waals surface area contributed by atoms with Crippen LogP contribution in [0.4, 0.5) is 0 Å². The molecule has 2 rings (SSSR count). The van der Waals surface area contributed by atoms with Crippen molar-refractivity contribution in [1.82, 2.24) is 15.1 Å². The summed E-state index contributed by atoms with van der Waals surface area (Å²) >= 11 is 0. The molecule has 1 aliphatic rings. The molecule has 0 saturated carbocycles. The lowest BCUT2D eigenvalue weighted by atomic mass is 10.1. The monoisotopic (exact) mass is 332 g/mol. The minimum Gasteiger partial charge on any atom is -0.468 e. The van der Waals surface area contributed by atoms with E-state index < -0.39 is 0 Å². The number of likely N-dealkylation sites (tertiary alicyclic amines) is 1. The van der Waals surface area contributed by atoms with E-state index in [1.54, 1.807) is 6.26 Å². The van der Waals surface area contributed by atoms with Gasteiger partial charge in [0.1, 0.15) is 5.76 Å². The maximum atomic E-state index is 5.71. The van der Waals surface area contributed by atoms with Crippen LogP contribution in [0.3, 0.4) is 0 Å². The van der Waals surface area contributed by atoms with Crippen molar-refractivity contribution in [2.24, 2.45) is 4.99 Å². The second kappa shape index (κ2) is 10.2. The number of rotatable bonds is 8. The molecular formula is C19H32N4O. The zero-order chi connectivity index (χ0) is 17.2. The maximum Gasteiger partial charge on any atom is 0.193 e. The Morgan fingerprint density at radius 3 is 2.88 bits per heavy atom. The maximum absolute atomic E-state index is 5.71. The Balaban J connectivity index is 1.94. The van der Waals surface area contributed by atoms with Gasteiger partial charge in [-0.1, -0.05) is 12.5 Å². The Labute approximate surface area is 146 Å². The van der Waals surface area contributed by atoms with Crippen molar-refractivity contribution in [3.8, 4) is 0 Å². The van der Waals surface area contributed by atoms with E-state index >= 15 is 0 Å². The van der Waals surface area contributed by atoms with Crippen LogP contribution >= 0.6 is 0 Å². The molecule has 0 aromatic carbocycles. The van der Waals surface area contributed by atoms with Crippen molar-refractivity contribution in [3.63, 3.8) is 0 Å². The average molecular weight is 332 g/mol. The van der Waals surface area contributed by atoms with Crippen molar-refractivity contribution in [3.05, 3.63) is 36.8 Å². The molecule has 1 atom stereocenters. The predicted molar refractivity (Wildman–Crippen MR) is 100 cm³/mol. The predicted octanol–water partition coefficient (Wildman–Crippen LogP) is 3.28. The number of guanidine groups is 1. The third-order valence-electron chi connectivity index (χ3n) is 4.63. The number of furan rings is 1. The highest BCUT2D eigenvalue weighted by atomic mass is 16.3. The Hall–Kier alpha value is -1.75. The summed E-state index contributed by atoms with van der Waals surface area (Å²) < 4.78 is 5.71. The summed E-state index contributed by atoms with van der Waals surface area (Å²) in [6.07, 6.45) is 9.73. The molecule has 2 heterocycles. The third-order valence-corrected chi connectivity index (χ3v) is 4.63. The molecule has 0 aliphatic carbocycles. The molecule has 134 valence electrons. The quantitative estimate of drug-likeness (QED) is 0.343. The van der Waals surface area contributed by atoms with Crippen LogP contribution in [-0.2, 0) is 0 Å². The number of unbranched alkanes of at least 4 members (excludes halogenated alkanes) is 1. The molecule has 1 fully saturated rings. The van der Waals surface area contributed by atoms with Crippen LogP contribution in [0.5, 0.6) is 0 Å². The average Bonchev–Trinajstić information content (AvgIpc) is 3.14. The van der Waals surface area contributed by atoms with Crippen LogP contribution in [0.2, 0.25) is 0 Å². The van der Waals surface area contributed by atoms with Gasteiger partial charge in [-0.2, -0.15) is 0 Å². The van der Waals surface area contributed by atoms with Gasteiger partial charge in [0.25, 0.3) is 0 Å². The number of hydrogen-bond acceptors (Lipinski definition) is 3. The van der Waals surface area contributed by atoms with E-state index in [-0.39, 0.29) is 6.04 Å².